The average molecular weight is 644 g/mol. The number of carbonyl (C=O) groups excluding carboxylic acids is 2. The van der Waals surface area contributed by atoms with Crippen LogP contribution in [0.25, 0.3) is 0 Å². The molecule has 2 amide bonds. The van der Waals surface area contributed by atoms with Crippen LogP contribution in [0, 0.1) is 0 Å². The van der Waals surface area contributed by atoms with Gasteiger partial charge in [-0.3, -0.25) is 5.43 Å². The lowest BCUT2D eigenvalue weighted by Crippen LogP contribution is -2.45. The molecule has 1 aliphatic heterocycles. The number of aliphatic hydroxyl groups excluding tert-OH is 1. The number of urea groups is 1. The van der Waals surface area contributed by atoms with Crippen molar-refractivity contribution in [1.82, 2.24) is 16.1 Å². The molecule has 0 saturated heterocycles. The summed E-state index contributed by atoms with van der Waals surface area (Å²) >= 11 is 12.6. The fourth-order valence-corrected chi connectivity index (χ4v) is 4.94. The van der Waals surface area contributed by atoms with Gasteiger partial charge >= 0.3 is 12.0 Å². The minimum absolute atomic E-state index is 0.194. The molecular weight excluding hydrogens is 611 g/mol. The zero-order valence-corrected chi connectivity index (χ0v) is 25.7. The number of hydrazone groups is 1. The first-order valence-corrected chi connectivity index (χ1v) is 14.3. The van der Waals surface area contributed by atoms with Gasteiger partial charge < -0.3 is 34.7 Å². The highest BCUT2D eigenvalue weighted by molar-refractivity contribution is 6.36. The molecular formula is C31H32Cl2N4O7. The van der Waals surface area contributed by atoms with Crippen molar-refractivity contribution in [2.75, 3.05) is 20.3 Å². The van der Waals surface area contributed by atoms with E-state index in [0.717, 1.165) is 5.56 Å². The molecule has 1 heterocycles. The summed E-state index contributed by atoms with van der Waals surface area (Å²) in [6.07, 6.45) is 0.229. The molecule has 3 aromatic rings. The van der Waals surface area contributed by atoms with Gasteiger partial charge in [-0.15, -0.1) is 0 Å². The maximum Gasteiger partial charge on any atom is 0.337 e. The van der Waals surface area contributed by atoms with Crippen LogP contribution in [0.4, 0.5) is 4.79 Å². The molecule has 0 spiro atoms. The summed E-state index contributed by atoms with van der Waals surface area (Å²) in [5.74, 6) is 0.495. The summed E-state index contributed by atoms with van der Waals surface area (Å²) in [6.45, 7) is 3.84. The number of halogens is 2. The van der Waals surface area contributed by atoms with Crippen LogP contribution in [0.2, 0.25) is 10.0 Å². The Labute approximate surface area is 264 Å². The van der Waals surface area contributed by atoms with Crippen LogP contribution >= 0.6 is 23.2 Å². The molecule has 0 aliphatic carbocycles. The number of ether oxygens (including phenoxy) is 4. The lowest BCUT2D eigenvalue weighted by molar-refractivity contribution is -0.136. The smallest absolute Gasteiger partial charge is 0.337 e. The summed E-state index contributed by atoms with van der Waals surface area (Å²) in [6, 6.07) is 16.6. The third kappa shape index (κ3) is 8.34. The zero-order chi connectivity index (χ0) is 31.6. The Hall–Kier alpha value is -4.45. The number of benzene rings is 3. The summed E-state index contributed by atoms with van der Waals surface area (Å²) in [4.78, 5) is 24.6. The Bertz CT molecular complexity index is 1550. The van der Waals surface area contributed by atoms with Gasteiger partial charge in [-0.1, -0.05) is 59.6 Å². The number of esters is 1. The van der Waals surface area contributed by atoms with Crippen molar-refractivity contribution >= 4 is 41.4 Å². The Morgan fingerprint density at radius 3 is 2.59 bits per heavy atom. The molecule has 4 N–H and O–H groups in total. The SMILES string of the molecule is CCOc1cc([C@@H]2NC(=O)NC(C)=C2C(=O)OC)ccc1OC[C@@H](O)N/N=C/c1cc(Cl)cc(Cl)c1OCc1ccccc1. The number of hydrogen-bond acceptors (Lipinski definition) is 9. The van der Waals surface area contributed by atoms with E-state index in [1.54, 1.807) is 44.2 Å². The number of aliphatic hydroxyl groups is 1. The van der Waals surface area contributed by atoms with Crippen molar-refractivity contribution in [1.29, 1.82) is 0 Å². The Balaban J connectivity index is 1.42. The van der Waals surface area contributed by atoms with Gasteiger partial charge in [-0.2, -0.15) is 5.10 Å². The molecule has 4 rings (SSSR count). The first kappa shape index (κ1) is 32.5. The second kappa shape index (κ2) is 15.3. The summed E-state index contributed by atoms with van der Waals surface area (Å²) in [5.41, 5.74) is 5.28. The van der Waals surface area contributed by atoms with Crippen LogP contribution in [0.15, 0.2) is 77.0 Å². The van der Waals surface area contributed by atoms with E-state index in [0.29, 0.717) is 50.7 Å². The number of amides is 2. The molecule has 232 valence electrons. The summed E-state index contributed by atoms with van der Waals surface area (Å²) in [7, 11) is 1.27. The van der Waals surface area contributed by atoms with Crippen LogP contribution in [0.5, 0.6) is 17.2 Å². The van der Waals surface area contributed by atoms with Gasteiger partial charge in [-0.25, -0.2) is 9.59 Å². The van der Waals surface area contributed by atoms with E-state index < -0.39 is 24.3 Å². The highest BCUT2D eigenvalue weighted by Gasteiger charge is 2.32. The number of allylic oxidation sites excluding steroid dienone is 1. The maximum absolute atomic E-state index is 12.4. The van der Waals surface area contributed by atoms with Crippen molar-refractivity contribution in [3.63, 3.8) is 0 Å². The summed E-state index contributed by atoms with van der Waals surface area (Å²) < 4.78 is 22.4. The lowest BCUT2D eigenvalue weighted by atomic mass is 9.95. The molecule has 0 fully saturated rings. The van der Waals surface area contributed by atoms with Crippen LogP contribution in [0.1, 0.15) is 36.6 Å². The minimum atomic E-state index is -1.20. The van der Waals surface area contributed by atoms with Crippen molar-refractivity contribution in [3.05, 3.63) is 98.7 Å². The number of methoxy groups -OCH3 is 1. The molecule has 0 aromatic heterocycles. The van der Waals surface area contributed by atoms with Gasteiger partial charge in [0.25, 0.3) is 0 Å². The number of rotatable bonds is 13. The third-order valence-corrected chi connectivity index (χ3v) is 6.86. The Kier molecular flexibility index (Phi) is 11.3. The number of carbonyl (C=O) groups is 2. The molecule has 13 heteroatoms. The quantitative estimate of drug-likeness (QED) is 0.0875. The van der Waals surface area contributed by atoms with E-state index in [-0.39, 0.29) is 18.8 Å². The molecule has 44 heavy (non-hydrogen) atoms. The van der Waals surface area contributed by atoms with Gasteiger partial charge in [0, 0.05) is 16.3 Å². The van der Waals surface area contributed by atoms with E-state index in [2.05, 4.69) is 21.2 Å². The topological polar surface area (TPSA) is 140 Å². The minimum Gasteiger partial charge on any atom is -0.490 e. The molecule has 0 bridgehead atoms. The Morgan fingerprint density at radius 2 is 1.86 bits per heavy atom. The van der Waals surface area contributed by atoms with Crippen LogP contribution < -0.4 is 30.3 Å². The van der Waals surface area contributed by atoms with Crippen molar-refractivity contribution in [2.45, 2.75) is 32.7 Å². The maximum atomic E-state index is 12.4. The van der Waals surface area contributed by atoms with Gasteiger partial charge in [0.05, 0.1) is 36.6 Å². The lowest BCUT2D eigenvalue weighted by Gasteiger charge is -2.28. The molecule has 11 nitrogen and oxygen atoms in total. The number of nitrogens with one attached hydrogen (secondary N) is 3. The average Bonchev–Trinajstić information content (AvgIpc) is 3.00. The molecule has 1 aliphatic rings. The predicted octanol–water partition coefficient (Wildman–Crippen LogP) is 5.09. The normalized spacial score (nSPS) is 15.3. The van der Waals surface area contributed by atoms with Crippen LogP contribution in [0.3, 0.4) is 0 Å². The van der Waals surface area contributed by atoms with Gasteiger partial charge in [-0.05, 0) is 49.2 Å². The first-order valence-electron chi connectivity index (χ1n) is 13.6. The van der Waals surface area contributed by atoms with Crippen molar-refractivity contribution in [2.24, 2.45) is 5.10 Å². The predicted molar refractivity (Wildman–Crippen MR) is 166 cm³/mol. The highest BCUT2D eigenvalue weighted by atomic mass is 35.5. The van der Waals surface area contributed by atoms with Gasteiger partial charge in [0.1, 0.15) is 19.0 Å². The third-order valence-electron chi connectivity index (χ3n) is 6.36. The number of hydrogen-bond donors (Lipinski definition) is 4. The van der Waals surface area contributed by atoms with E-state index in [9.17, 15) is 14.7 Å². The van der Waals surface area contributed by atoms with Crippen LogP contribution in [-0.4, -0.2) is 49.9 Å². The molecule has 0 radical (unpaired) electrons. The van der Waals surface area contributed by atoms with E-state index in [4.69, 9.17) is 42.1 Å². The standard InChI is InChI=1S/C31H32Cl2N4O7/c1-4-42-25-13-20(28-27(30(39)41-3)18(2)35-31(40)36-28)10-11-24(25)43-17-26(38)37-34-15-21-12-22(32)14-23(33)29(21)44-16-19-8-6-5-7-9-19/h5-15,26,28,37-38H,4,16-17H2,1-3H3,(H2,35,36,40)/b34-15+/t26-,28+/m1/s1. The molecule has 3 aromatic carbocycles. The van der Waals surface area contributed by atoms with Gasteiger partial charge in [0.15, 0.2) is 17.7 Å². The van der Waals surface area contributed by atoms with Crippen LogP contribution in [-0.2, 0) is 16.1 Å². The van der Waals surface area contributed by atoms with E-state index >= 15 is 0 Å². The number of nitrogens with zero attached hydrogens (tertiary/aromatic N) is 1. The van der Waals surface area contributed by atoms with Gasteiger partial charge in [0.2, 0.25) is 0 Å². The fraction of sp³-hybridized carbons (Fsp3) is 0.258. The summed E-state index contributed by atoms with van der Waals surface area (Å²) in [5, 5.41) is 20.6. The second-order valence-electron chi connectivity index (χ2n) is 9.50. The van der Waals surface area contributed by atoms with E-state index in [1.165, 1.54) is 13.3 Å². The largest absolute Gasteiger partial charge is 0.490 e. The second-order valence-corrected chi connectivity index (χ2v) is 10.3. The monoisotopic (exact) mass is 642 g/mol. The molecule has 2 atom stereocenters. The zero-order valence-electron chi connectivity index (χ0n) is 24.2. The fourth-order valence-electron chi connectivity index (χ4n) is 4.37. The molecule has 0 saturated carbocycles. The van der Waals surface area contributed by atoms with Crippen molar-refractivity contribution < 1.29 is 33.6 Å². The Morgan fingerprint density at radius 1 is 1.09 bits per heavy atom. The first-order chi connectivity index (χ1) is 21.2. The molecule has 0 unspecified atom stereocenters. The van der Waals surface area contributed by atoms with E-state index in [1.807, 2.05) is 30.3 Å². The van der Waals surface area contributed by atoms with Crippen molar-refractivity contribution in [3.8, 4) is 17.2 Å². The highest BCUT2D eigenvalue weighted by Crippen LogP contribution is 2.35.